The van der Waals surface area contributed by atoms with E-state index in [1.807, 2.05) is 6.92 Å². The Hall–Kier alpha value is -0.570. The number of carbonyl (C=O) groups excluding carboxylic acids is 1. The van der Waals surface area contributed by atoms with E-state index in [2.05, 4.69) is 10.6 Å². The van der Waals surface area contributed by atoms with E-state index in [1.54, 1.807) is 0 Å². The summed E-state index contributed by atoms with van der Waals surface area (Å²) in [5, 5.41) is 6.08. The van der Waals surface area contributed by atoms with Crippen LogP contribution in [0.2, 0.25) is 0 Å². The molecule has 1 fully saturated rings. The molecule has 3 heteroatoms. The molecule has 0 spiro atoms. The zero-order valence-electron chi connectivity index (χ0n) is 8.44. The Balaban J connectivity index is 2.06. The summed E-state index contributed by atoms with van der Waals surface area (Å²) < 4.78 is 0. The van der Waals surface area contributed by atoms with Crippen molar-refractivity contribution >= 4 is 5.91 Å². The second-order valence-corrected chi connectivity index (χ2v) is 3.67. The van der Waals surface area contributed by atoms with E-state index < -0.39 is 0 Å². The van der Waals surface area contributed by atoms with Gasteiger partial charge in [-0.15, -0.1) is 0 Å². The molecule has 1 rings (SSSR count). The number of nitrogens with one attached hydrogen (secondary N) is 2. The topological polar surface area (TPSA) is 41.1 Å². The average Bonchev–Trinajstić information content (AvgIpc) is 2.17. The lowest BCUT2D eigenvalue weighted by Crippen LogP contribution is -2.39. The van der Waals surface area contributed by atoms with Crippen molar-refractivity contribution in [2.45, 2.75) is 45.1 Å². The molecule has 0 atom stereocenters. The lowest BCUT2D eigenvalue weighted by molar-refractivity contribution is -0.120. The number of likely N-dealkylation sites (N-methyl/N-ethyl adjacent to an activating group) is 1. The largest absolute Gasteiger partial charge is 0.355 e. The van der Waals surface area contributed by atoms with E-state index >= 15 is 0 Å². The monoisotopic (exact) mass is 184 g/mol. The second-order valence-electron chi connectivity index (χ2n) is 3.67. The van der Waals surface area contributed by atoms with Gasteiger partial charge in [0.1, 0.15) is 0 Å². The van der Waals surface area contributed by atoms with Crippen molar-refractivity contribution in [3.05, 3.63) is 0 Å². The van der Waals surface area contributed by atoms with Gasteiger partial charge in [0.2, 0.25) is 5.91 Å². The molecule has 1 aliphatic carbocycles. The third-order valence-corrected chi connectivity index (χ3v) is 2.53. The van der Waals surface area contributed by atoms with E-state index in [9.17, 15) is 4.79 Å². The first-order valence-electron chi connectivity index (χ1n) is 5.33. The number of carbonyl (C=O) groups is 1. The summed E-state index contributed by atoms with van der Waals surface area (Å²) in [5.41, 5.74) is 0. The Kier molecular flexibility index (Phi) is 4.83. The fourth-order valence-electron chi connectivity index (χ4n) is 1.80. The summed E-state index contributed by atoms with van der Waals surface area (Å²) in [6.07, 6.45) is 6.46. The van der Waals surface area contributed by atoms with E-state index in [0.29, 0.717) is 12.6 Å². The number of hydrogen-bond donors (Lipinski definition) is 2. The van der Waals surface area contributed by atoms with Crippen LogP contribution in [0.1, 0.15) is 39.0 Å². The van der Waals surface area contributed by atoms with Gasteiger partial charge in [-0.3, -0.25) is 4.79 Å². The van der Waals surface area contributed by atoms with Crippen LogP contribution in [0.15, 0.2) is 0 Å². The van der Waals surface area contributed by atoms with Gasteiger partial charge in [-0.2, -0.15) is 0 Å². The number of amides is 1. The summed E-state index contributed by atoms with van der Waals surface area (Å²) in [6, 6.07) is 0.580. The van der Waals surface area contributed by atoms with Crippen LogP contribution in [-0.4, -0.2) is 25.0 Å². The maximum absolute atomic E-state index is 11.1. The van der Waals surface area contributed by atoms with Crippen LogP contribution in [0.4, 0.5) is 0 Å². The van der Waals surface area contributed by atoms with Crippen molar-refractivity contribution in [2.24, 2.45) is 0 Å². The summed E-state index contributed by atoms with van der Waals surface area (Å²) in [7, 11) is 0. The molecule has 0 aromatic carbocycles. The summed E-state index contributed by atoms with van der Waals surface area (Å²) >= 11 is 0. The van der Waals surface area contributed by atoms with Gasteiger partial charge in [0, 0.05) is 12.6 Å². The molecule has 0 aromatic rings. The molecule has 0 heterocycles. The van der Waals surface area contributed by atoms with Gasteiger partial charge in [-0.1, -0.05) is 19.3 Å². The molecule has 3 nitrogen and oxygen atoms in total. The van der Waals surface area contributed by atoms with Crippen molar-refractivity contribution in [1.29, 1.82) is 0 Å². The minimum atomic E-state index is 0.119. The molecule has 0 saturated heterocycles. The third kappa shape index (κ3) is 4.27. The minimum absolute atomic E-state index is 0.119. The normalized spacial score (nSPS) is 18.5. The molecule has 76 valence electrons. The van der Waals surface area contributed by atoms with Crippen molar-refractivity contribution in [2.75, 3.05) is 13.1 Å². The van der Waals surface area contributed by atoms with E-state index in [-0.39, 0.29) is 5.91 Å². The van der Waals surface area contributed by atoms with E-state index in [1.165, 1.54) is 32.1 Å². The molecule has 0 radical (unpaired) electrons. The summed E-state index contributed by atoms with van der Waals surface area (Å²) in [6.45, 7) is 3.15. The Morgan fingerprint density at radius 1 is 1.31 bits per heavy atom. The second kappa shape index (κ2) is 5.97. The van der Waals surface area contributed by atoms with Gasteiger partial charge in [-0.05, 0) is 19.8 Å². The summed E-state index contributed by atoms with van der Waals surface area (Å²) in [5.74, 6) is 0.119. The Morgan fingerprint density at radius 2 is 2.00 bits per heavy atom. The highest BCUT2D eigenvalue weighted by molar-refractivity contribution is 5.77. The van der Waals surface area contributed by atoms with E-state index in [0.717, 1.165) is 6.54 Å². The molecular weight excluding hydrogens is 164 g/mol. The zero-order chi connectivity index (χ0) is 9.52. The molecule has 1 amide bonds. The third-order valence-electron chi connectivity index (χ3n) is 2.53. The molecule has 0 bridgehead atoms. The lowest BCUT2D eigenvalue weighted by Gasteiger charge is -2.22. The van der Waals surface area contributed by atoms with Gasteiger partial charge >= 0.3 is 0 Å². The molecule has 13 heavy (non-hydrogen) atoms. The zero-order valence-corrected chi connectivity index (χ0v) is 8.44. The molecule has 1 aliphatic rings. The standard InChI is InChI=1S/C10H20N2O/c1-2-11-10(13)8-12-9-6-4-3-5-7-9/h9,12H,2-8H2,1H3,(H,11,13). The molecule has 0 aromatic heterocycles. The molecular formula is C10H20N2O. The van der Waals surface area contributed by atoms with Gasteiger partial charge in [0.15, 0.2) is 0 Å². The van der Waals surface area contributed by atoms with Crippen LogP contribution in [-0.2, 0) is 4.79 Å². The fraction of sp³-hybridized carbons (Fsp3) is 0.900. The van der Waals surface area contributed by atoms with Crippen LogP contribution >= 0.6 is 0 Å². The molecule has 0 unspecified atom stereocenters. The predicted octanol–water partition coefficient (Wildman–Crippen LogP) is 1.04. The van der Waals surface area contributed by atoms with Crippen molar-refractivity contribution in [3.63, 3.8) is 0 Å². The van der Waals surface area contributed by atoms with Crippen LogP contribution in [0.3, 0.4) is 0 Å². The minimum Gasteiger partial charge on any atom is -0.355 e. The first-order valence-corrected chi connectivity index (χ1v) is 5.33. The van der Waals surface area contributed by atoms with Crippen molar-refractivity contribution < 1.29 is 4.79 Å². The lowest BCUT2D eigenvalue weighted by atomic mass is 9.95. The highest BCUT2D eigenvalue weighted by atomic mass is 16.1. The quantitative estimate of drug-likeness (QED) is 0.685. The van der Waals surface area contributed by atoms with E-state index in [4.69, 9.17) is 0 Å². The molecule has 2 N–H and O–H groups in total. The summed E-state index contributed by atoms with van der Waals surface area (Å²) in [4.78, 5) is 11.1. The highest BCUT2D eigenvalue weighted by Gasteiger charge is 2.13. The fourth-order valence-corrected chi connectivity index (χ4v) is 1.80. The Bertz CT molecular complexity index is 153. The SMILES string of the molecule is CCNC(=O)CNC1CCCCC1. The number of hydrogen-bond acceptors (Lipinski definition) is 2. The number of rotatable bonds is 4. The van der Waals surface area contributed by atoms with Crippen molar-refractivity contribution in [1.82, 2.24) is 10.6 Å². The van der Waals surface area contributed by atoms with Crippen LogP contribution in [0, 0.1) is 0 Å². The predicted molar refractivity (Wildman–Crippen MR) is 53.6 cm³/mol. The van der Waals surface area contributed by atoms with Gasteiger partial charge in [-0.25, -0.2) is 0 Å². The van der Waals surface area contributed by atoms with Crippen LogP contribution in [0.5, 0.6) is 0 Å². The molecule has 0 aliphatic heterocycles. The first kappa shape index (κ1) is 10.5. The average molecular weight is 184 g/mol. The maximum Gasteiger partial charge on any atom is 0.233 e. The van der Waals surface area contributed by atoms with Crippen LogP contribution in [0.25, 0.3) is 0 Å². The highest BCUT2D eigenvalue weighted by Crippen LogP contribution is 2.16. The van der Waals surface area contributed by atoms with Gasteiger partial charge in [0.25, 0.3) is 0 Å². The van der Waals surface area contributed by atoms with Gasteiger partial charge in [0.05, 0.1) is 6.54 Å². The Labute approximate surface area is 80.3 Å². The smallest absolute Gasteiger partial charge is 0.233 e. The van der Waals surface area contributed by atoms with Crippen molar-refractivity contribution in [3.8, 4) is 0 Å². The Morgan fingerprint density at radius 3 is 2.62 bits per heavy atom. The van der Waals surface area contributed by atoms with Gasteiger partial charge < -0.3 is 10.6 Å². The molecule has 1 saturated carbocycles. The first-order chi connectivity index (χ1) is 6.33. The maximum atomic E-state index is 11.1. The van der Waals surface area contributed by atoms with Crippen LogP contribution < -0.4 is 10.6 Å².